The molecular weight excluding hydrogens is 292 g/mol. The molecule has 2 aromatic rings. The van der Waals surface area contributed by atoms with E-state index in [2.05, 4.69) is 15.4 Å². The van der Waals surface area contributed by atoms with Crippen molar-refractivity contribution in [3.63, 3.8) is 0 Å². The zero-order chi connectivity index (χ0) is 16.5. The van der Waals surface area contributed by atoms with Crippen molar-refractivity contribution in [3.8, 4) is 0 Å². The van der Waals surface area contributed by atoms with Crippen LogP contribution in [0.25, 0.3) is 0 Å². The minimum Gasteiger partial charge on any atom is -0.465 e. The third-order valence-electron chi connectivity index (χ3n) is 3.32. The summed E-state index contributed by atoms with van der Waals surface area (Å²) in [6.07, 6.45) is 0.796. The molecule has 0 saturated carbocycles. The zero-order valence-corrected chi connectivity index (χ0v) is 13.0. The lowest BCUT2D eigenvalue weighted by molar-refractivity contribution is -0.119. The fourth-order valence-corrected chi connectivity index (χ4v) is 2.11. The Balaban J connectivity index is 1.75. The van der Waals surface area contributed by atoms with E-state index in [1.807, 2.05) is 30.3 Å². The van der Waals surface area contributed by atoms with Crippen molar-refractivity contribution in [2.45, 2.75) is 6.42 Å². The van der Waals surface area contributed by atoms with Crippen molar-refractivity contribution >= 4 is 17.6 Å². The molecule has 0 unspecified atom stereocenters. The highest BCUT2D eigenvalue weighted by atomic mass is 16.5. The second-order valence-corrected chi connectivity index (χ2v) is 5.01. The molecule has 0 atom stereocenters. The van der Waals surface area contributed by atoms with Crippen LogP contribution in [0.2, 0.25) is 0 Å². The summed E-state index contributed by atoms with van der Waals surface area (Å²) in [5, 5.41) is 5.85. The van der Waals surface area contributed by atoms with Gasteiger partial charge in [0.2, 0.25) is 5.91 Å². The maximum absolute atomic E-state index is 11.8. The molecule has 2 N–H and O–H groups in total. The second-order valence-electron chi connectivity index (χ2n) is 5.01. The average molecular weight is 312 g/mol. The highest BCUT2D eigenvalue weighted by Crippen LogP contribution is 2.11. The van der Waals surface area contributed by atoms with Crippen molar-refractivity contribution < 1.29 is 14.3 Å². The van der Waals surface area contributed by atoms with Crippen molar-refractivity contribution in [1.29, 1.82) is 0 Å². The number of benzene rings is 2. The number of hydrogen-bond acceptors (Lipinski definition) is 4. The topological polar surface area (TPSA) is 67.4 Å². The van der Waals surface area contributed by atoms with Gasteiger partial charge in [-0.1, -0.05) is 36.4 Å². The Morgan fingerprint density at radius 3 is 2.57 bits per heavy atom. The number of rotatable bonds is 7. The largest absolute Gasteiger partial charge is 0.465 e. The van der Waals surface area contributed by atoms with Crippen LogP contribution in [0, 0.1) is 0 Å². The fourth-order valence-electron chi connectivity index (χ4n) is 2.11. The highest BCUT2D eigenvalue weighted by Gasteiger charge is 2.06. The number of carbonyl (C=O) groups is 2. The molecule has 0 aliphatic carbocycles. The second kappa shape index (κ2) is 8.58. The summed E-state index contributed by atoms with van der Waals surface area (Å²) in [6, 6.07) is 16.8. The molecule has 2 aromatic carbocycles. The normalized spacial score (nSPS) is 9.96. The minimum absolute atomic E-state index is 0.0931. The molecule has 0 fully saturated rings. The van der Waals surface area contributed by atoms with Gasteiger partial charge in [0.25, 0.3) is 0 Å². The van der Waals surface area contributed by atoms with E-state index in [9.17, 15) is 9.59 Å². The van der Waals surface area contributed by atoms with E-state index in [4.69, 9.17) is 0 Å². The molecular formula is C18H20N2O3. The molecule has 0 heterocycles. The van der Waals surface area contributed by atoms with Gasteiger partial charge in [-0.2, -0.15) is 0 Å². The Morgan fingerprint density at radius 1 is 1.04 bits per heavy atom. The van der Waals surface area contributed by atoms with Gasteiger partial charge in [-0.25, -0.2) is 4.79 Å². The summed E-state index contributed by atoms with van der Waals surface area (Å²) in [7, 11) is 1.34. The number of esters is 1. The zero-order valence-electron chi connectivity index (χ0n) is 13.0. The van der Waals surface area contributed by atoms with Crippen molar-refractivity contribution in [1.82, 2.24) is 5.32 Å². The van der Waals surface area contributed by atoms with Crippen LogP contribution in [0.1, 0.15) is 15.9 Å². The number of carbonyl (C=O) groups excluding carboxylic acids is 2. The number of hydrogen-bond donors (Lipinski definition) is 2. The predicted octanol–water partition coefficient (Wildman–Crippen LogP) is 2.24. The van der Waals surface area contributed by atoms with E-state index in [1.54, 1.807) is 24.3 Å². The van der Waals surface area contributed by atoms with Crippen LogP contribution >= 0.6 is 0 Å². The summed E-state index contributed by atoms with van der Waals surface area (Å²) in [4.78, 5) is 23.3. The fraction of sp³-hybridized carbons (Fsp3) is 0.222. The maximum Gasteiger partial charge on any atom is 0.337 e. The first-order valence-electron chi connectivity index (χ1n) is 7.42. The molecule has 0 saturated heterocycles. The molecule has 5 heteroatoms. The van der Waals surface area contributed by atoms with Gasteiger partial charge in [0.05, 0.1) is 19.2 Å². The smallest absolute Gasteiger partial charge is 0.337 e. The number of ether oxygens (including phenoxy) is 1. The van der Waals surface area contributed by atoms with Crippen molar-refractivity contribution in [2.75, 3.05) is 25.5 Å². The Kier molecular flexibility index (Phi) is 6.17. The SMILES string of the molecule is COC(=O)c1cccc(NCC(=O)NCCc2ccccc2)c1. The number of nitrogens with one attached hydrogen (secondary N) is 2. The molecule has 0 radical (unpaired) electrons. The van der Waals surface area contributed by atoms with Crippen LogP contribution in [0.5, 0.6) is 0 Å². The first kappa shape index (κ1) is 16.5. The van der Waals surface area contributed by atoms with Crippen LogP contribution in [-0.2, 0) is 16.0 Å². The highest BCUT2D eigenvalue weighted by molar-refractivity contribution is 5.90. The summed E-state index contributed by atoms with van der Waals surface area (Å²) in [5.41, 5.74) is 2.33. The third-order valence-corrected chi connectivity index (χ3v) is 3.32. The Hall–Kier alpha value is -2.82. The van der Waals surface area contributed by atoms with Crippen LogP contribution in [-0.4, -0.2) is 32.1 Å². The van der Waals surface area contributed by atoms with E-state index in [1.165, 1.54) is 12.7 Å². The number of anilines is 1. The number of methoxy groups -OCH3 is 1. The minimum atomic E-state index is -0.402. The van der Waals surface area contributed by atoms with E-state index in [-0.39, 0.29) is 12.5 Å². The molecule has 0 aliphatic heterocycles. The summed E-state index contributed by atoms with van der Waals surface area (Å²) in [5.74, 6) is -0.495. The van der Waals surface area contributed by atoms with Crippen LogP contribution in [0.15, 0.2) is 54.6 Å². The lowest BCUT2D eigenvalue weighted by Crippen LogP contribution is -2.31. The molecule has 0 bridgehead atoms. The van der Waals surface area contributed by atoms with Gasteiger partial charge >= 0.3 is 5.97 Å². The lowest BCUT2D eigenvalue weighted by atomic mass is 10.1. The quantitative estimate of drug-likeness (QED) is 0.770. The molecule has 1 amide bonds. The summed E-state index contributed by atoms with van der Waals surface area (Å²) < 4.78 is 4.67. The van der Waals surface area contributed by atoms with Crippen molar-refractivity contribution in [2.24, 2.45) is 0 Å². The standard InChI is InChI=1S/C18H20N2O3/c1-23-18(22)15-8-5-9-16(12-15)20-13-17(21)19-11-10-14-6-3-2-4-7-14/h2-9,12,20H,10-11,13H2,1H3,(H,19,21). The summed E-state index contributed by atoms with van der Waals surface area (Å²) in [6.45, 7) is 0.742. The molecule has 0 spiro atoms. The average Bonchev–Trinajstić information content (AvgIpc) is 2.60. The molecule has 0 aliphatic rings. The molecule has 120 valence electrons. The van der Waals surface area contributed by atoms with Crippen LogP contribution in [0.3, 0.4) is 0 Å². The van der Waals surface area contributed by atoms with Gasteiger partial charge in [0, 0.05) is 12.2 Å². The van der Waals surface area contributed by atoms with E-state index in [0.717, 1.165) is 6.42 Å². The van der Waals surface area contributed by atoms with Gasteiger partial charge in [0.1, 0.15) is 0 Å². The van der Waals surface area contributed by atoms with Gasteiger partial charge in [-0.15, -0.1) is 0 Å². The first-order chi connectivity index (χ1) is 11.2. The Morgan fingerprint density at radius 2 is 1.83 bits per heavy atom. The van der Waals surface area contributed by atoms with E-state index < -0.39 is 5.97 Å². The maximum atomic E-state index is 11.8. The lowest BCUT2D eigenvalue weighted by Gasteiger charge is -2.09. The molecule has 0 aromatic heterocycles. The van der Waals surface area contributed by atoms with Gasteiger partial charge in [-0.05, 0) is 30.2 Å². The van der Waals surface area contributed by atoms with Crippen molar-refractivity contribution in [3.05, 3.63) is 65.7 Å². The van der Waals surface area contributed by atoms with E-state index in [0.29, 0.717) is 17.8 Å². The van der Waals surface area contributed by atoms with Gasteiger partial charge < -0.3 is 15.4 Å². The van der Waals surface area contributed by atoms with Gasteiger partial charge in [-0.3, -0.25) is 4.79 Å². The molecule has 2 rings (SSSR count). The van der Waals surface area contributed by atoms with Crippen LogP contribution in [0.4, 0.5) is 5.69 Å². The Labute approximate surface area is 135 Å². The Bertz CT molecular complexity index is 656. The monoisotopic (exact) mass is 312 g/mol. The van der Waals surface area contributed by atoms with Crippen LogP contribution < -0.4 is 10.6 Å². The first-order valence-corrected chi connectivity index (χ1v) is 7.42. The summed E-state index contributed by atoms with van der Waals surface area (Å²) >= 11 is 0. The third kappa shape index (κ3) is 5.47. The molecule has 23 heavy (non-hydrogen) atoms. The number of amides is 1. The molecule has 5 nitrogen and oxygen atoms in total. The predicted molar refractivity (Wildman–Crippen MR) is 89.4 cm³/mol. The van der Waals surface area contributed by atoms with E-state index >= 15 is 0 Å². The van der Waals surface area contributed by atoms with Gasteiger partial charge in [0.15, 0.2) is 0 Å².